The van der Waals surface area contributed by atoms with Crippen LogP contribution in [0, 0.1) is 6.92 Å². The SMILES string of the molecule is C.C.C.C.Cc1ccc(S(=O)(=O)Nc2c(N3CCN(C(=O)c4cccs4)CC3)c3ccccc3n(C)c2=O)cc1.Cn1c(=O)c(NS(=O)(=O)c2ccccc2)c(N2CCN(C(=O)c3ccccc3)CC2)c2ccccc21.Cn1c(=O)c(NS(=O)(=O)c2ccccc2)c(N2CCN(C(=O)c3cccs3)CC2)c2ccccc21.Cn1c(=O)c(S(C)(=O)=O)c(N2CCN(C(=O)c3ccccc3)CC2)c2ccccc21. The van der Waals surface area contributed by atoms with Gasteiger partial charge in [-0.15, -0.1) is 22.7 Å². The molecule has 15 aromatic rings. The summed E-state index contributed by atoms with van der Waals surface area (Å²) in [6.07, 6.45) is 1.07. The number of piperazine rings is 4. The number of nitrogens with zero attached hydrogens (tertiary/aromatic N) is 12. The van der Waals surface area contributed by atoms with E-state index in [-0.39, 0.29) is 90.0 Å². The Kier molecular flexibility index (Phi) is 33.4. The average molecular weight is 2020 g/mol. The maximum atomic E-state index is 13.5. The van der Waals surface area contributed by atoms with Crippen LogP contribution < -0.4 is 56.0 Å². The zero-order chi connectivity index (χ0) is 96.8. The molecular weight excluding hydrogens is 1910 g/mol. The van der Waals surface area contributed by atoms with E-state index in [0.717, 1.165) is 28.0 Å². The standard InChI is InChI=1S/C27H26N4O4S.C26H26N4O4S2.C25H24N4O4S2.C22H23N3O4S.4CH4/c1-29-23-15-9-8-14-22(23)25(24(27(29)33)28-36(34,35)21-12-6-3-7-13-21)30-16-18-31(19-17-30)26(32)20-10-4-2-5-11-20;1-18-9-11-19(12-10-18)36(33,34)27-23-24(20-6-3-4-7-21(20)28(2)26(23)32)29-13-15-30(16-14-29)25(31)22-8-5-17-35-22;1-27-20-11-6-5-10-19(20)23(22(25(27)31)26-35(32,33)18-8-3-2-4-9-18)28-13-15-29(16-14-28)24(30)21-12-7-17-34-21;1-23-18-11-7-6-10-17(18)19(20(22(23)27)30(2,28)29)24-12-14-25(15-13-24)21(26)16-8-4-3-5-9-16;;;;/h2-15,28H,16-19H2,1H3;3-12,17,27H,13-16H2,1-2H3;2-12,17,26H,13-16H2,1H3;3-11H,12-15H2,1-2H3;4*1H4. The molecular formula is C104H115N15O16S6. The third-order valence-electron chi connectivity index (χ3n) is 24.6. The van der Waals surface area contributed by atoms with Gasteiger partial charge in [0.05, 0.1) is 69.3 Å². The van der Waals surface area contributed by atoms with E-state index in [1.54, 1.807) is 121 Å². The number of rotatable bonds is 18. The molecule has 0 unspecified atom stereocenters. The number of sulfonamides is 3. The summed E-state index contributed by atoms with van der Waals surface area (Å²) in [6.45, 7) is 9.17. The summed E-state index contributed by atoms with van der Waals surface area (Å²) in [5.74, 6) is -0.126. The van der Waals surface area contributed by atoms with Gasteiger partial charge < -0.3 is 57.5 Å². The molecule has 738 valence electrons. The fourth-order valence-corrected chi connectivity index (χ4v) is 23.1. The van der Waals surface area contributed by atoms with Gasteiger partial charge in [-0.2, -0.15) is 0 Å². The second kappa shape index (κ2) is 44.7. The van der Waals surface area contributed by atoms with Crippen LogP contribution in [0.25, 0.3) is 43.6 Å². The number of fused-ring (bicyclic) bond motifs is 4. The third kappa shape index (κ3) is 22.4. The largest absolute Gasteiger partial charge is 0.366 e. The van der Waals surface area contributed by atoms with Crippen LogP contribution in [-0.4, -0.2) is 206 Å². The minimum absolute atomic E-state index is 0. The highest BCUT2D eigenvalue weighted by atomic mass is 32.2. The lowest BCUT2D eigenvalue weighted by molar-refractivity contribution is 0.0739. The summed E-state index contributed by atoms with van der Waals surface area (Å²) in [7, 11) is -9.27. The number of aryl methyl sites for hydroxylation is 5. The maximum absolute atomic E-state index is 13.5. The van der Waals surface area contributed by atoms with Gasteiger partial charge in [0.15, 0.2) is 14.7 Å². The maximum Gasteiger partial charge on any atom is 0.277 e. The number of pyridine rings is 4. The van der Waals surface area contributed by atoms with Crippen LogP contribution in [0.5, 0.6) is 0 Å². The molecule has 4 aliphatic rings. The molecule has 10 heterocycles. The number of sulfone groups is 1. The molecule has 4 amide bonds. The molecule has 0 bridgehead atoms. The lowest BCUT2D eigenvalue weighted by Crippen LogP contribution is -2.49. The summed E-state index contributed by atoms with van der Waals surface area (Å²) in [6, 6.07) is 77.6. The first-order chi connectivity index (χ1) is 65.8. The molecule has 0 spiro atoms. The van der Waals surface area contributed by atoms with Crippen molar-refractivity contribution in [2.75, 3.05) is 145 Å². The van der Waals surface area contributed by atoms with Crippen LogP contribution in [0.4, 0.5) is 39.8 Å². The van der Waals surface area contributed by atoms with Crippen LogP contribution >= 0.6 is 22.7 Å². The normalized spacial score (nSPS) is 14.0. The Hall–Kier alpha value is -14.5. The third-order valence-corrected chi connectivity index (χ3v) is 31.5. The van der Waals surface area contributed by atoms with Gasteiger partial charge in [-0.05, 0) is 115 Å². The highest BCUT2D eigenvalue weighted by molar-refractivity contribution is 7.93. The number of para-hydroxylation sites is 4. The van der Waals surface area contributed by atoms with Gasteiger partial charge in [0.2, 0.25) is 0 Å². The number of nitrogens with one attached hydrogen (secondary N) is 3. The average Bonchev–Trinajstić information content (AvgIpc) is 1.36. The van der Waals surface area contributed by atoms with Gasteiger partial charge in [-0.3, -0.25) is 52.5 Å². The van der Waals surface area contributed by atoms with Crippen LogP contribution in [0.1, 0.15) is 75.3 Å². The predicted octanol–water partition coefficient (Wildman–Crippen LogP) is 14.8. The molecule has 4 aliphatic heterocycles. The van der Waals surface area contributed by atoms with Gasteiger partial charge in [0, 0.05) is 172 Å². The van der Waals surface area contributed by atoms with E-state index in [1.807, 2.05) is 195 Å². The van der Waals surface area contributed by atoms with Gasteiger partial charge >= 0.3 is 0 Å². The zero-order valence-corrected chi connectivity index (χ0v) is 80.6. The Morgan fingerprint density at radius 2 is 0.518 bits per heavy atom. The first kappa shape index (κ1) is 105. The summed E-state index contributed by atoms with van der Waals surface area (Å²) >= 11 is 2.82. The molecule has 4 fully saturated rings. The Labute approximate surface area is 829 Å². The van der Waals surface area contributed by atoms with Crippen LogP contribution in [0.2, 0.25) is 0 Å². The van der Waals surface area contributed by atoms with Crippen molar-refractivity contribution in [1.82, 2.24) is 37.9 Å². The van der Waals surface area contributed by atoms with Gasteiger partial charge in [0.25, 0.3) is 75.9 Å². The molecule has 37 heteroatoms. The predicted molar refractivity (Wildman–Crippen MR) is 567 cm³/mol. The number of hydrogen-bond acceptors (Lipinski definition) is 22. The van der Waals surface area contributed by atoms with Gasteiger partial charge in [0.1, 0.15) is 17.1 Å². The Bertz CT molecular complexity index is 7830. The number of aromatic nitrogens is 4. The van der Waals surface area contributed by atoms with Crippen molar-refractivity contribution in [3.8, 4) is 0 Å². The second-order valence-electron chi connectivity index (χ2n) is 33.2. The van der Waals surface area contributed by atoms with Crippen molar-refractivity contribution < 1.29 is 52.8 Å². The van der Waals surface area contributed by atoms with E-state index in [9.17, 15) is 72.0 Å². The summed E-state index contributed by atoms with van der Waals surface area (Å²) in [5, 5.41) is 6.75. The molecule has 19 rings (SSSR count). The molecule has 3 N–H and O–H groups in total. The van der Waals surface area contributed by atoms with Crippen LogP contribution in [0.3, 0.4) is 0 Å². The monoisotopic (exact) mass is 2020 g/mol. The van der Waals surface area contributed by atoms with E-state index in [0.29, 0.717) is 176 Å². The van der Waals surface area contributed by atoms with Crippen molar-refractivity contribution in [3.63, 3.8) is 0 Å². The van der Waals surface area contributed by atoms with E-state index >= 15 is 0 Å². The van der Waals surface area contributed by atoms with Crippen LogP contribution in [-0.2, 0) is 68.1 Å². The fourth-order valence-electron chi connectivity index (χ4n) is 17.5. The number of amides is 4. The number of benzene rings is 9. The van der Waals surface area contributed by atoms with Crippen LogP contribution in [0.15, 0.2) is 316 Å². The summed E-state index contributed by atoms with van der Waals surface area (Å²) < 4.78 is 118. The van der Waals surface area contributed by atoms with E-state index in [4.69, 9.17) is 0 Å². The second-order valence-corrected chi connectivity index (χ2v) is 42.1. The lowest BCUT2D eigenvalue weighted by atomic mass is 10.1. The van der Waals surface area contributed by atoms with Crippen molar-refractivity contribution in [2.24, 2.45) is 28.2 Å². The number of carbonyl (C=O) groups excluding carboxylic acids is 4. The molecule has 0 atom stereocenters. The molecule has 6 aromatic heterocycles. The first-order valence-corrected chi connectivity index (χ1v) is 52.1. The quantitative estimate of drug-likeness (QED) is 0.0718. The first-order valence-electron chi connectivity index (χ1n) is 44.0. The Morgan fingerprint density at radius 3 is 0.794 bits per heavy atom. The Balaban J connectivity index is 0.000000167. The van der Waals surface area contributed by atoms with Crippen molar-refractivity contribution in [3.05, 3.63) is 346 Å². The Morgan fingerprint density at radius 1 is 0.277 bits per heavy atom. The molecule has 9 aromatic carbocycles. The highest BCUT2D eigenvalue weighted by Gasteiger charge is 2.36. The minimum atomic E-state index is -4.01. The molecule has 31 nitrogen and oxygen atoms in total. The molecule has 141 heavy (non-hydrogen) atoms. The van der Waals surface area contributed by atoms with E-state index in [2.05, 4.69) is 14.2 Å². The number of anilines is 7. The van der Waals surface area contributed by atoms with Crippen molar-refractivity contribution in [1.29, 1.82) is 0 Å². The van der Waals surface area contributed by atoms with E-state index < -0.39 is 62.1 Å². The number of thiophene rings is 2. The molecule has 0 saturated carbocycles. The number of carbonyl (C=O) groups is 4. The molecule has 4 saturated heterocycles. The summed E-state index contributed by atoms with van der Waals surface area (Å²) in [4.78, 5) is 121. The lowest BCUT2D eigenvalue weighted by Gasteiger charge is -2.37. The van der Waals surface area contributed by atoms with Crippen molar-refractivity contribution in [2.45, 2.75) is 56.2 Å². The van der Waals surface area contributed by atoms with Crippen molar-refractivity contribution >= 4 is 170 Å². The highest BCUT2D eigenvalue weighted by Crippen LogP contribution is 2.40. The summed E-state index contributed by atoms with van der Waals surface area (Å²) in [5.41, 5.74) is 5.17. The fraction of sp³-hybridized carbons (Fsp3) is 0.250. The minimum Gasteiger partial charge on any atom is -0.366 e. The van der Waals surface area contributed by atoms with Gasteiger partial charge in [-0.1, -0.05) is 205 Å². The zero-order valence-electron chi connectivity index (χ0n) is 75.7. The molecule has 0 radical (unpaired) electrons. The number of hydrogen-bond donors (Lipinski definition) is 3. The van der Waals surface area contributed by atoms with E-state index in [1.165, 1.54) is 77.3 Å². The topological polar surface area (TPSA) is 355 Å². The molecule has 0 aliphatic carbocycles. The smallest absolute Gasteiger partial charge is 0.277 e. The van der Waals surface area contributed by atoms with Gasteiger partial charge in [-0.25, -0.2) is 33.7 Å².